The number of nitrogens with one attached hydrogen (secondary N) is 2. The van der Waals surface area contributed by atoms with Gasteiger partial charge < -0.3 is 14.8 Å². The third kappa shape index (κ3) is 7.30. The van der Waals surface area contributed by atoms with Crippen LogP contribution in [0.2, 0.25) is 0 Å². The first-order valence-corrected chi connectivity index (χ1v) is 8.57. The number of carbonyl (C=O) groups excluding carboxylic acids is 3. The molecule has 0 aliphatic heterocycles. The first kappa shape index (κ1) is 20.1. The van der Waals surface area contributed by atoms with Crippen LogP contribution < -0.4 is 15.4 Å². The smallest absolute Gasteiger partial charge is 0.344 e. The van der Waals surface area contributed by atoms with Gasteiger partial charge in [0.25, 0.3) is 11.6 Å². The summed E-state index contributed by atoms with van der Waals surface area (Å²) in [6.07, 6.45) is 5.01. The largest absolute Gasteiger partial charge is 0.482 e. The molecule has 27 heavy (non-hydrogen) atoms. The summed E-state index contributed by atoms with van der Waals surface area (Å²) in [5.74, 6) is -1.31. The quantitative estimate of drug-likeness (QED) is 0.418. The number of benzene rings is 1. The summed E-state index contributed by atoms with van der Waals surface area (Å²) in [6.45, 7) is -1.08. The van der Waals surface area contributed by atoms with Gasteiger partial charge in [0, 0.05) is 18.2 Å². The first-order valence-electron chi connectivity index (χ1n) is 8.57. The van der Waals surface area contributed by atoms with Crippen molar-refractivity contribution in [2.75, 3.05) is 13.2 Å². The van der Waals surface area contributed by atoms with Crippen LogP contribution in [-0.4, -0.2) is 42.1 Å². The number of nitro groups is 1. The fraction of sp³-hybridized carbons (Fsp3) is 0.471. The molecule has 0 bridgehead atoms. The average molecular weight is 379 g/mol. The van der Waals surface area contributed by atoms with Crippen LogP contribution in [0, 0.1) is 10.1 Å². The van der Waals surface area contributed by atoms with Crippen molar-refractivity contribution in [3.63, 3.8) is 0 Å². The minimum Gasteiger partial charge on any atom is -0.482 e. The lowest BCUT2D eigenvalue weighted by Crippen LogP contribution is -2.46. The summed E-state index contributed by atoms with van der Waals surface area (Å²) >= 11 is 0. The van der Waals surface area contributed by atoms with Crippen LogP contribution in [0.3, 0.4) is 0 Å². The van der Waals surface area contributed by atoms with Gasteiger partial charge in [-0.3, -0.25) is 20.2 Å². The molecule has 1 aliphatic carbocycles. The lowest BCUT2D eigenvalue weighted by Gasteiger charge is -2.22. The molecule has 1 saturated carbocycles. The number of ether oxygens (including phenoxy) is 2. The van der Waals surface area contributed by atoms with Crippen molar-refractivity contribution in [1.29, 1.82) is 0 Å². The van der Waals surface area contributed by atoms with Gasteiger partial charge in [0.2, 0.25) is 0 Å². The second-order valence-electron chi connectivity index (χ2n) is 6.06. The number of nitrogens with zero attached hydrogens (tertiary/aromatic N) is 1. The van der Waals surface area contributed by atoms with E-state index in [1.54, 1.807) is 0 Å². The van der Waals surface area contributed by atoms with Gasteiger partial charge in [0.1, 0.15) is 5.75 Å². The SMILES string of the molecule is O=C(COC(=O)COc1ccc([N+](=O)[O-])cc1)NC(=O)NC1CCCCC1. The van der Waals surface area contributed by atoms with Crippen molar-refractivity contribution in [3.05, 3.63) is 34.4 Å². The van der Waals surface area contributed by atoms with Gasteiger partial charge >= 0.3 is 12.0 Å². The normalized spacial score (nSPS) is 14.1. The minimum atomic E-state index is -0.809. The molecule has 1 aliphatic rings. The minimum absolute atomic E-state index is 0.0594. The van der Waals surface area contributed by atoms with Crippen LogP contribution >= 0.6 is 0 Å². The molecular weight excluding hydrogens is 358 g/mol. The van der Waals surface area contributed by atoms with Crippen LogP contribution in [0.15, 0.2) is 24.3 Å². The molecule has 0 saturated heterocycles. The van der Waals surface area contributed by atoms with E-state index in [-0.39, 0.29) is 17.5 Å². The number of nitro benzene ring substituents is 1. The number of urea groups is 1. The number of carbonyl (C=O) groups is 3. The number of hydrogen-bond acceptors (Lipinski definition) is 7. The van der Waals surface area contributed by atoms with Crippen LogP contribution in [0.4, 0.5) is 10.5 Å². The van der Waals surface area contributed by atoms with Gasteiger partial charge in [-0.15, -0.1) is 0 Å². The highest BCUT2D eigenvalue weighted by molar-refractivity contribution is 5.95. The molecule has 0 heterocycles. The Labute approximate surface area is 155 Å². The molecule has 10 nitrogen and oxygen atoms in total. The molecule has 0 radical (unpaired) electrons. The van der Waals surface area contributed by atoms with E-state index in [1.165, 1.54) is 24.3 Å². The highest BCUT2D eigenvalue weighted by Crippen LogP contribution is 2.17. The van der Waals surface area contributed by atoms with Crippen LogP contribution in [0.5, 0.6) is 5.75 Å². The van der Waals surface area contributed by atoms with Crippen molar-refractivity contribution in [2.45, 2.75) is 38.1 Å². The van der Waals surface area contributed by atoms with Crippen molar-refractivity contribution in [2.24, 2.45) is 0 Å². The third-order valence-electron chi connectivity index (χ3n) is 3.96. The van der Waals surface area contributed by atoms with E-state index in [0.717, 1.165) is 32.1 Å². The van der Waals surface area contributed by atoms with Crippen molar-refractivity contribution in [1.82, 2.24) is 10.6 Å². The highest BCUT2D eigenvalue weighted by atomic mass is 16.6. The van der Waals surface area contributed by atoms with E-state index in [4.69, 9.17) is 9.47 Å². The third-order valence-corrected chi connectivity index (χ3v) is 3.96. The Morgan fingerprint density at radius 2 is 1.74 bits per heavy atom. The Morgan fingerprint density at radius 1 is 1.07 bits per heavy atom. The molecular formula is C17H21N3O7. The van der Waals surface area contributed by atoms with Gasteiger partial charge in [-0.1, -0.05) is 19.3 Å². The molecule has 0 atom stereocenters. The zero-order valence-electron chi connectivity index (χ0n) is 14.6. The van der Waals surface area contributed by atoms with Crippen molar-refractivity contribution < 1.29 is 28.8 Å². The van der Waals surface area contributed by atoms with Crippen LogP contribution in [0.1, 0.15) is 32.1 Å². The second kappa shape index (κ2) is 10.1. The Bertz CT molecular complexity index is 684. The number of hydrogen-bond donors (Lipinski definition) is 2. The molecule has 2 N–H and O–H groups in total. The number of esters is 1. The molecule has 1 aromatic carbocycles. The summed E-state index contributed by atoms with van der Waals surface area (Å²) in [6, 6.07) is 4.61. The lowest BCUT2D eigenvalue weighted by atomic mass is 9.96. The Hall–Kier alpha value is -3.17. The predicted molar refractivity (Wildman–Crippen MR) is 93.1 cm³/mol. The van der Waals surface area contributed by atoms with Crippen molar-refractivity contribution in [3.8, 4) is 5.75 Å². The summed E-state index contributed by atoms with van der Waals surface area (Å²) in [4.78, 5) is 44.9. The number of rotatable bonds is 7. The molecule has 146 valence electrons. The molecule has 0 aromatic heterocycles. The molecule has 0 unspecified atom stereocenters. The van der Waals surface area contributed by atoms with E-state index < -0.39 is 36.0 Å². The summed E-state index contributed by atoms with van der Waals surface area (Å²) in [5, 5.41) is 15.4. The maximum Gasteiger partial charge on any atom is 0.344 e. The summed E-state index contributed by atoms with van der Waals surface area (Å²) in [7, 11) is 0. The Kier molecular flexibility index (Phi) is 7.53. The maximum absolute atomic E-state index is 11.7. The number of non-ortho nitro benzene ring substituents is 1. The zero-order valence-corrected chi connectivity index (χ0v) is 14.6. The average Bonchev–Trinajstić information content (AvgIpc) is 2.65. The molecule has 0 spiro atoms. The van der Waals surface area contributed by atoms with E-state index in [9.17, 15) is 24.5 Å². The van der Waals surface area contributed by atoms with E-state index in [1.807, 2.05) is 0 Å². The topological polar surface area (TPSA) is 137 Å². The van der Waals surface area contributed by atoms with E-state index in [0.29, 0.717) is 0 Å². The second-order valence-corrected chi connectivity index (χ2v) is 6.06. The summed E-state index contributed by atoms with van der Waals surface area (Å²) in [5.41, 5.74) is -0.104. The Morgan fingerprint density at radius 3 is 2.37 bits per heavy atom. The fourth-order valence-corrected chi connectivity index (χ4v) is 2.63. The Balaban J connectivity index is 1.63. The van der Waals surface area contributed by atoms with Gasteiger partial charge in [-0.05, 0) is 25.0 Å². The van der Waals surface area contributed by atoms with Gasteiger partial charge in [0.15, 0.2) is 13.2 Å². The van der Waals surface area contributed by atoms with E-state index in [2.05, 4.69) is 10.6 Å². The van der Waals surface area contributed by atoms with Crippen molar-refractivity contribution >= 4 is 23.6 Å². The lowest BCUT2D eigenvalue weighted by molar-refractivity contribution is -0.384. The molecule has 3 amide bonds. The van der Waals surface area contributed by atoms with Crippen LogP contribution in [-0.2, 0) is 14.3 Å². The first-order chi connectivity index (χ1) is 12.9. The number of amides is 3. The molecule has 2 rings (SSSR count). The summed E-state index contributed by atoms with van der Waals surface area (Å²) < 4.78 is 9.82. The van der Waals surface area contributed by atoms with E-state index >= 15 is 0 Å². The monoisotopic (exact) mass is 379 g/mol. The highest BCUT2D eigenvalue weighted by Gasteiger charge is 2.17. The number of imide groups is 1. The van der Waals surface area contributed by atoms with Gasteiger partial charge in [0.05, 0.1) is 4.92 Å². The zero-order chi connectivity index (χ0) is 19.6. The fourth-order valence-electron chi connectivity index (χ4n) is 2.63. The molecule has 1 aromatic rings. The predicted octanol–water partition coefficient (Wildman–Crippen LogP) is 1.68. The standard InChI is InChI=1S/C17H21N3O7/c21-15(19-17(23)18-12-4-2-1-3-5-12)10-27-16(22)11-26-14-8-6-13(7-9-14)20(24)25/h6-9,12H,1-5,10-11H2,(H2,18,19,21,23). The van der Waals surface area contributed by atoms with Gasteiger partial charge in [-0.2, -0.15) is 0 Å². The molecule has 1 fully saturated rings. The molecule has 10 heteroatoms. The van der Waals surface area contributed by atoms with Gasteiger partial charge in [-0.25, -0.2) is 9.59 Å². The van der Waals surface area contributed by atoms with Crippen LogP contribution in [0.25, 0.3) is 0 Å². The maximum atomic E-state index is 11.7.